The third-order valence-corrected chi connectivity index (χ3v) is 5.20. The first-order valence-electron chi connectivity index (χ1n) is 9.97. The molecule has 25 heavy (non-hydrogen) atoms. The fourth-order valence-electron chi connectivity index (χ4n) is 3.49. The number of hydrogen-bond acceptors (Lipinski definition) is 2. The van der Waals surface area contributed by atoms with Crippen LogP contribution < -0.4 is 5.01 Å². The van der Waals surface area contributed by atoms with Gasteiger partial charge in [0.05, 0.1) is 5.69 Å². The van der Waals surface area contributed by atoms with Crippen molar-refractivity contribution in [1.29, 1.82) is 0 Å². The lowest BCUT2D eigenvalue weighted by Gasteiger charge is -2.31. The lowest BCUT2D eigenvalue weighted by molar-refractivity contribution is 0.369. The van der Waals surface area contributed by atoms with Crippen LogP contribution in [0.4, 0.5) is 5.69 Å². The van der Waals surface area contributed by atoms with Gasteiger partial charge in [0.25, 0.3) is 0 Å². The molecule has 1 aromatic rings. The molecule has 0 saturated carbocycles. The Balaban J connectivity index is 2.19. The number of hydrogen-bond donors (Lipinski definition) is 0. The highest BCUT2D eigenvalue weighted by Crippen LogP contribution is 2.37. The summed E-state index contributed by atoms with van der Waals surface area (Å²) in [6.45, 7) is 7.03. The van der Waals surface area contributed by atoms with Crippen LogP contribution in [0.5, 0.6) is 0 Å². The third-order valence-electron chi connectivity index (χ3n) is 5.20. The normalized spacial score (nSPS) is 16.0. The zero-order valence-corrected chi connectivity index (χ0v) is 16.2. The van der Waals surface area contributed by atoms with E-state index in [-0.39, 0.29) is 5.41 Å². The topological polar surface area (TPSA) is 15.6 Å². The molecule has 0 saturated heterocycles. The first-order chi connectivity index (χ1) is 12.2. The van der Waals surface area contributed by atoms with Gasteiger partial charge in [-0.25, -0.2) is 5.01 Å². The van der Waals surface area contributed by atoms with Crippen molar-refractivity contribution in [2.75, 3.05) is 5.01 Å². The van der Waals surface area contributed by atoms with Gasteiger partial charge in [0.1, 0.15) is 0 Å². The molecular formula is C23H34N2. The van der Waals surface area contributed by atoms with Gasteiger partial charge < -0.3 is 0 Å². The van der Waals surface area contributed by atoms with Crippen molar-refractivity contribution in [2.24, 2.45) is 5.10 Å². The summed E-state index contributed by atoms with van der Waals surface area (Å²) < 4.78 is 0. The van der Waals surface area contributed by atoms with Crippen LogP contribution in [-0.2, 0) is 5.41 Å². The Bertz CT molecular complexity index is 584. The highest BCUT2D eigenvalue weighted by Gasteiger charge is 2.26. The first-order valence-corrected chi connectivity index (χ1v) is 9.97. The fourth-order valence-corrected chi connectivity index (χ4v) is 3.49. The molecule has 0 aromatic heterocycles. The monoisotopic (exact) mass is 338 g/mol. The molecule has 1 aliphatic heterocycles. The quantitative estimate of drug-likeness (QED) is 0.420. The van der Waals surface area contributed by atoms with E-state index in [0.717, 1.165) is 5.69 Å². The summed E-state index contributed by atoms with van der Waals surface area (Å²) in [6, 6.07) is 8.97. The summed E-state index contributed by atoms with van der Waals surface area (Å²) >= 11 is 0. The van der Waals surface area contributed by atoms with Gasteiger partial charge in [0, 0.05) is 12.4 Å². The molecule has 0 fully saturated rings. The molecule has 1 aliphatic rings. The van der Waals surface area contributed by atoms with Crippen LogP contribution >= 0.6 is 0 Å². The van der Waals surface area contributed by atoms with Gasteiger partial charge in [0.2, 0.25) is 0 Å². The Morgan fingerprint density at radius 1 is 0.920 bits per heavy atom. The summed E-state index contributed by atoms with van der Waals surface area (Å²) in [5.41, 5.74) is 2.86. The molecule has 2 nitrogen and oxygen atoms in total. The number of rotatable bonds is 10. The van der Waals surface area contributed by atoms with Crippen molar-refractivity contribution >= 4 is 11.9 Å². The number of unbranched alkanes of at least 4 members (excludes halogenated alkanes) is 4. The second-order valence-corrected chi connectivity index (χ2v) is 7.36. The zero-order valence-electron chi connectivity index (χ0n) is 16.2. The Labute approximate surface area is 154 Å². The van der Waals surface area contributed by atoms with E-state index >= 15 is 0 Å². The minimum absolute atomic E-state index is 0.261. The van der Waals surface area contributed by atoms with Crippen molar-refractivity contribution < 1.29 is 0 Å². The van der Waals surface area contributed by atoms with Crippen LogP contribution in [-0.4, -0.2) is 6.21 Å². The average molecular weight is 339 g/mol. The van der Waals surface area contributed by atoms with Crippen molar-refractivity contribution in [3.63, 3.8) is 0 Å². The zero-order chi connectivity index (χ0) is 18.0. The molecule has 2 rings (SSSR count). The number of benzene rings is 1. The lowest BCUT2D eigenvalue weighted by atomic mass is 9.74. The fraction of sp³-hybridized carbons (Fsp3) is 0.522. The highest BCUT2D eigenvalue weighted by molar-refractivity contribution is 5.74. The van der Waals surface area contributed by atoms with Crippen LogP contribution in [0, 0.1) is 0 Å². The third kappa shape index (κ3) is 5.88. The number of anilines is 1. The van der Waals surface area contributed by atoms with E-state index in [9.17, 15) is 0 Å². The second-order valence-electron chi connectivity index (χ2n) is 7.36. The minimum atomic E-state index is 0.261. The summed E-state index contributed by atoms with van der Waals surface area (Å²) in [7, 11) is 0. The Morgan fingerprint density at radius 2 is 1.72 bits per heavy atom. The minimum Gasteiger partial charge on any atom is -0.241 e. The van der Waals surface area contributed by atoms with Crippen molar-refractivity contribution in [1.82, 2.24) is 0 Å². The molecule has 1 atom stereocenters. The summed E-state index contributed by atoms with van der Waals surface area (Å²) in [4.78, 5) is 0. The molecule has 136 valence electrons. The Hall–Kier alpha value is -1.83. The maximum Gasteiger partial charge on any atom is 0.0648 e. The van der Waals surface area contributed by atoms with Crippen LogP contribution in [0.15, 0.2) is 53.8 Å². The standard InChI is InChI=1S/C23H34N2/c1-4-6-8-10-17-23(3,16-7-5-2)21-14-13-15-22(20-21)25-19-12-9-11-18-24-25/h9,11-15,18-20H,4-8,10,16-17H2,1-3H3. The van der Waals surface area contributed by atoms with Gasteiger partial charge in [-0.1, -0.05) is 77.5 Å². The largest absolute Gasteiger partial charge is 0.241 e. The van der Waals surface area contributed by atoms with Gasteiger partial charge in [-0.3, -0.25) is 0 Å². The Morgan fingerprint density at radius 3 is 2.52 bits per heavy atom. The SMILES string of the molecule is CCCCCCC(C)(CCCC)c1cccc(N2C=CC=CC=N2)c1. The molecular weight excluding hydrogens is 304 g/mol. The van der Waals surface area contributed by atoms with Crippen LogP contribution in [0.1, 0.15) is 77.7 Å². The molecule has 0 amide bonds. The van der Waals surface area contributed by atoms with Gasteiger partial charge in [-0.2, -0.15) is 5.10 Å². The predicted octanol–water partition coefficient (Wildman–Crippen LogP) is 6.98. The molecule has 1 unspecified atom stereocenters. The summed E-state index contributed by atoms with van der Waals surface area (Å²) in [6.07, 6.45) is 20.3. The molecule has 1 aromatic carbocycles. The maximum atomic E-state index is 4.50. The van der Waals surface area contributed by atoms with Crippen molar-refractivity contribution in [2.45, 2.75) is 77.6 Å². The van der Waals surface area contributed by atoms with Crippen LogP contribution in [0.3, 0.4) is 0 Å². The Kier molecular flexibility index (Phi) is 7.97. The number of hydrazone groups is 1. The highest BCUT2D eigenvalue weighted by atomic mass is 15.4. The second kappa shape index (κ2) is 10.2. The summed E-state index contributed by atoms with van der Waals surface area (Å²) in [5, 5.41) is 6.46. The predicted molar refractivity (Wildman–Crippen MR) is 111 cm³/mol. The first kappa shape index (κ1) is 19.5. The molecule has 1 heterocycles. The molecule has 2 heteroatoms. The van der Waals surface area contributed by atoms with Gasteiger partial charge in [-0.05, 0) is 48.1 Å². The molecule has 0 radical (unpaired) electrons. The molecule has 0 N–H and O–H groups in total. The van der Waals surface area contributed by atoms with E-state index < -0.39 is 0 Å². The van der Waals surface area contributed by atoms with Crippen LogP contribution in [0.2, 0.25) is 0 Å². The molecule has 0 spiro atoms. The maximum absolute atomic E-state index is 4.50. The van der Waals surface area contributed by atoms with Gasteiger partial charge >= 0.3 is 0 Å². The lowest BCUT2D eigenvalue weighted by Crippen LogP contribution is -2.22. The van der Waals surface area contributed by atoms with Gasteiger partial charge in [-0.15, -0.1) is 0 Å². The smallest absolute Gasteiger partial charge is 0.0648 e. The van der Waals surface area contributed by atoms with E-state index in [1.165, 1.54) is 56.9 Å². The average Bonchev–Trinajstić information content (AvgIpc) is 2.93. The van der Waals surface area contributed by atoms with Gasteiger partial charge in [0.15, 0.2) is 0 Å². The number of allylic oxidation sites excluding steroid dienone is 3. The van der Waals surface area contributed by atoms with E-state index in [1.54, 1.807) is 0 Å². The van der Waals surface area contributed by atoms with E-state index in [0.29, 0.717) is 0 Å². The van der Waals surface area contributed by atoms with Crippen molar-refractivity contribution in [3.8, 4) is 0 Å². The molecule has 0 aliphatic carbocycles. The van der Waals surface area contributed by atoms with Crippen LogP contribution in [0.25, 0.3) is 0 Å². The van der Waals surface area contributed by atoms with Crippen molar-refractivity contribution in [3.05, 3.63) is 54.3 Å². The van der Waals surface area contributed by atoms with E-state index in [2.05, 4.69) is 50.1 Å². The van der Waals surface area contributed by atoms with E-state index in [1.807, 2.05) is 35.7 Å². The molecule has 0 bridgehead atoms. The van der Waals surface area contributed by atoms with E-state index in [4.69, 9.17) is 0 Å². The number of nitrogens with zero attached hydrogens (tertiary/aromatic N) is 2. The summed E-state index contributed by atoms with van der Waals surface area (Å²) in [5.74, 6) is 0.